The van der Waals surface area contributed by atoms with E-state index in [4.69, 9.17) is 9.47 Å². The molecule has 1 aromatic rings. The van der Waals surface area contributed by atoms with Crippen molar-refractivity contribution in [3.63, 3.8) is 0 Å². The molecular weight excluding hydrogens is 242 g/mol. The molecule has 102 valence electrons. The summed E-state index contributed by atoms with van der Waals surface area (Å²) in [5, 5.41) is 0. The minimum atomic E-state index is -0.213. The van der Waals surface area contributed by atoms with Crippen LogP contribution in [0.3, 0.4) is 0 Å². The summed E-state index contributed by atoms with van der Waals surface area (Å²) in [5.74, 6) is 1.01. The number of hydrogen-bond donors (Lipinski definition) is 0. The molecule has 1 amide bonds. The van der Waals surface area contributed by atoms with E-state index in [1.54, 1.807) is 0 Å². The van der Waals surface area contributed by atoms with Crippen molar-refractivity contribution in [2.75, 3.05) is 19.7 Å². The Morgan fingerprint density at radius 1 is 1.26 bits per heavy atom. The number of ether oxygens (including phenoxy) is 2. The van der Waals surface area contributed by atoms with Gasteiger partial charge in [-0.2, -0.15) is 0 Å². The zero-order valence-electron chi connectivity index (χ0n) is 11.0. The van der Waals surface area contributed by atoms with Gasteiger partial charge >= 0.3 is 0 Å². The van der Waals surface area contributed by atoms with Crippen LogP contribution in [0.5, 0.6) is 5.75 Å². The van der Waals surface area contributed by atoms with E-state index in [1.165, 1.54) is 0 Å². The van der Waals surface area contributed by atoms with Crippen LogP contribution in [0.2, 0.25) is 0 Å². The average Bonchev–Trinajstić information content (AvgIpc) is 3.10. The van der Waals surface area contributed by atoms with Gasteiger partial charge in [0.15, 0.2) is 0 Å². The molecule has 2 heterocycles. The van der Waals surface area contributed by atoms with Crippen molar-refractivity contribution in [2.24, 2.45) is 0 Å². The van der Waals surface area contributed by atoms with Gasteiger partial charge in [0.25, 0.3) is 5.91 Å². The highest BCUT2D eigenvalue weighted by Crippen LogP contribution is 2.21. The number of carbonyl (C=O) groups excluding carboxylic acids is 1. The van der Waals surface area contributed by atoms with Crippen LogP contribution >= 0.6 is 0 Å². The molecule has 4 nitrogen and oxygen atoms in total. The number of hydrogen-bond acceptors (Lipinski definition) is 3. The van der Waals surface area contributed by atoms with E-state index in [1.807, 2.05) is 35.2 Å². The van der Waals surface area contributed by atoms with Gasteiger partial charge in [0, 0.05) is 19.6 Å². The van der Waals surface area contributed by atoms with Crippen LogP contribution in [-0.4, -0.2) is 42.7 Å². The van der Waals surface area contributed by atoms with Gasteiger partial charge in [0.05, 0.1) is 6.54 Å². The number of rotatable bonds is 3. The molecule has 0 saturated carbocycles. The van der Waals surface area contributed by atoms with Crippen molar-refractivity contribution < 1.29 is 14.3 Å². The summed E-state index contributed by atoms with van der Waals surface area (Å²) in [6.45, 7) is 2.16. The Balaban J connectivity index is 1.53. The van der Waals surface area contributed by atoms with Gasteiger partial charge in [0.2, 0.25) is 0 Å². The zero-order chi connectivity index (χ0) is 13.1. The number of carbonyl (C=O) groups is 1. The first-order valence-corrected chi connectivity index (χ1v) is 6.95. The van der Waals surface area contributed by atoms with Crippen molar-refractivity contribution in [1.29, 1.82) is 0 Å². The molecule has 0 bridgehead atoms. The molecule has 0 N–H and O–H groups in total. The SMILES string of the molecule is O=C([C@@H]1CCCO1)N1CC[C@@H](Oc2ccccc2)C1. The molecule has 0 aromatic heterocycles. The molecule has 2 aliphatic heterocycles. The molecule has 0 unspecified atom stereocenters. The molecule has 2 saturated heterocycles. The lowest BCUT2D eigenvalue weighted by Crippen LogP contribution is -2.38. The second-order valence-corrected chi connectivity index (χ2v) is 5.13. The quantitative estimate of drug-likeness (QED) is 0.833. The van der Waals surface area contributed by atoms with Crippen molar-refractivity contribution in [1.82, 2.24) is 4.90 Å². The van der Waals surface area contributed by atoms with Crippen LogP contribution < -0.4 is 4.74 Å². The van der Waals surface area contributed by atoms with Crippen LogP contribution in [0.15, 0.2) is 30.3 Å². The molecule has 19 heavy (non-hydrogen) atoms. The highest BCUT2D eigenvalue weighted by molar-refractivity contribution is 5.81. The standard InChI is InChI=1S/C15H19NO3/c17-15(14-7-4-10-18-14)16-9-8-13(11-16)19-12-5-2-1-3-6-12/h1-3,5-6,13-14H,4,7-11H2/t13-,14+/m1/s1. The van der Waals surface area contributed by atoms with E-state index < -0.39 is 0 Å². The molecule has 0 aliphatic carbocycles. The normalized spacial score (nSPS) is 26.6. The van der Waals surface area contributed by atoms with Gasteiger partial charge in [-0.25, -0.2) is 0 Å². The smallest absolute Gasteiger partial charge is 0.251 e. The van der Waals surface area contributed by atoms with Gasteiger partial charge in [-0.05, 0) is 25.0 Å². The Morgan fingerprint density at radius 2 is 2.11 bits per heavy atom. The van der Waals surface area contributed by atoms with E-state index >= 15 is 0 Å². The molecule has 2 aliphatic rings. The lowest BCUT2D eigenvalue weighted by molar-refractivity contribution is -0.140. The van der Waals surface area contributed by atoms with Gasteiger partial charge in [-0.15, -0.1) is 0 Å². The van der Waals surface area contributed by atoms with Crippen LogP contribution in [0.1, 0.15) is 19.3 Å². The maximum atomic E-state index is 12.2. The molecule has 1 aromatic carbocycles. The second-order valence-electron chi connectivity index (χ2n) is 5.13. The summed E-state index contributed by atoms with van der Waals surface area (Å²) in [5.41, 5.74) is 0. The summed E-state index contributed by atoms with van der Waals surface area (Å²) in [6.07, 6.45) is 2.64. The van der Waals surface area contributed by atoms with Crippen molar-refractivity contribution in [2.45, 2.75) is 31.5 Å². The van der Waals surface area contributed by atoms with Gasteiger partial charge in [-0.1, -0.05) is 18.2 Å². The number of amides is 1. The Morgan fingerprint density at radius 3 is 2.84 bits per heavy atom. The van der Waals surface area contributed by atoms with Gasteiger partial charge in [-0.3, -0.25) is 4.79 Å². The van der Waals surface area contributed by atoms with Gasteiger partial charge in [0.1, 0.15) is 18.0 Å². The first-order valence-electron chi connectivity index (χ1n) is 6.95. The fourth-order valence-corrected chi connectivity index (χ4v) is 2.69. The lowest BCUT2D eigenvalue weighted by atomic mass is 10.2. The average molecular weight is 261 g/mol. The summed E-state index contributed by atoms with van der Waals surface area (Å²) in [4.78, 5) is 14.1. The molecular formula is C15H19NO3. The highest BCUT2D eigenvalue weighted by atomic mass is 16.5. The van der Waals surface area contributed by atoms with Crippen LogP contribution in [-0.2, 0) is 9.53 Å². The Hall–Kier alpha value is -1.55. The topological polar surface area (TPSA) is 38.8 Å². The Kier molecular flexibility index (Phi) is 3.69. The maximum absolute atomic E-state index is 12.2. The third-order valence-electron chi connectivity index (χ3n) is 3.71. The maximum Gasteiger partial charge on any atom is 0.251 e. The third-order valence-corrected chi connectivity index (χ3v) is 3.71. The summed E-state index contributed by atoms with van der Waals surface area (Å²) >= 11 is 0. The van der Waals surface area contributed by atoms with Crippen LogP contribution in [0.4, 0.5) is 0 Å². The third kappa shape index (κ3) is 2.89. The van der Waals surface area contributed by atoms with E-state index in [2.05, 4.69) is 0 Å². The second kappa shape index (κ2) is 5.61. The van der Waals surface area contributed by atoms with E-state index in [-0.39, 0.29) is 18.1 Å². The molecule has 0 spiro atoms. The molecule has 3 rings (SSSR count). The summed E-state index contributed by atoms with van der Waals surface area (Å²) in [7, 11) is 0. The predicted molar refractivity (Wildman–Crippen MR) is 71.0 cm³/mol. The Labute approximate surface area is 113 Å². The lowest BCUT2D eigenvalue weighted by Gasteiger charge is -2.20. The summed E-state index contributed by atoms with van der Waals surface area (Å²) in [6, 6.07) is 9.78. The zero-order valence-corrected chi connectivity index (χ0v) is 11.0. The van der Waals surface area contributed by atoms with Crippen LogP contribution in [0.25, 0.3) is 0 Å². The monoisotopic (exact) mass is 261 g/mol. The molecule has 2 atom stereocenters. The molecule has 4 heteroatoms. The van der Waals surface area contributed by atoms with Crippen molar-refractivity contribution in [3.8, 4) is 5.75 Å². The predicted octanol–water partition coefficient (Wildman–Crippen LogP) is 1.85. The summed E-state index contributed by atoms with van der Waals surface area (Å²) < 4.78 is 11.3. The largest absolute Gasteiger partial charge is 0.489 e. The Bertz CT molecular complexity index is 428. The number of para-hydroxylation sites is 1. The number of likely N-dealkylation sites (tertiary alicyclic amines) is 1. The van der Waals surface area contributed by atoms with Crippen molar-refractivity contribution in [3.05, 3.63) is 30.3 Å². The van der Waals surface area contributed by atoms with Crippen LogP contribution in [0, 0.1) is 0 Å². The first kappa shape index (κ1) is 12.5. The first-order chi connectivity index (χ1) is 9.33. The highest BCUT2D eigenvalue weighted by Gasteiger charge is 2.33. The minimum absolute atomic E-state index is 0.104. The number of nitrogens with zero attached hydrogens (tertiary/aromatic N) is 1. The van der Waals surface area contributed by atoms with E-state index in [0.29, 0.717) is 13.2 Å². The molecule has 0 radical (unpaired) electrons. The fourth-order valence-electron chi connectivity index (χ4n) is 2.69. The van der Waals surface area contributed by atoms with E-state index in [0.717, 1.165) is 31.6 Å². The van der Waals surface area contributed by atoms with Gasteiger partial charge < -0.3 is 14.4 Å². The fraction of sp³-hybridized carbons (Fsp3) is 0.533. The molecule has 2 fully saturated rings. The van der Waals surface area contributed by atoms with E-state index in [9.17, 15) is 4.79 Å². The number of benzene rings is 1. The van der Waals surface area contributed by atoms with Crippen molar-refractivity contribution >= 4 is 5.91 Å². The minimum Gasteiger partial charge on any atom is -0.489 e.